The largest absolute Gasteiger partial charge is 0.465 e. The third kappa shape index (κ3) is 2.10. The van der Waals surface area contributed by atoms with Crippen LogP contribution in [0.3, 0.4) is 0 Å². The third-order valence-corrected chi connectivity index (χ3v) is 3.40. The van der Waals surface area contributed by atoms with Crippen LogP contribution in [0.15, 0.2) is 42.5 Å². The van der Waals surface area contributed by atoms with E-state index in [4.69, 9.17) is 9.47 Å². The van der Waals surface area contributed by atoms with Crippen LogP contribution in [0, 0.1) is 0 Å². The summed E-state index contributed by atoms with van der Waals surface area (Å²) in [5, 5.41) is 0. The molecular formula is C17H16O3. The summed E-state index contributed by atoms with van der Waals surface area (Å²) in [6.45, 7) is 4.35. The second-order valence-corrected chi connectivity index (χ2v) is 4.72. The Morgan fingerprint density at radius 2 is 1.70 bits per heavy atom. The fourth-order valence-corrected chi connectivity index (χ4v) is 2.54. The van der Waals surface area contributed by atoms with Crippen molar-refractivity contribution in [2.75, 3.05) is 6.61 Å². The van der Waals surface area contributed by atoms with Gasteiger partial charge in [0.15, 0.2) is 12.1 Å². The fraction of sp³-hybridized carbons (Fsp3) is 0.235. The van der Waals surface area contributed by atoms with E-state index in [0.29, 0.717) is 17.9 Å². The molecule has 0 N–H and O–H groups in total. The van der Waals surface area contributed by atoms with E-state index in [1.165, 1.54) is 0 Å². The maximum absolute atomic E-state index is 12.4. The van der Waals surface area contributed by atoms with Crippen molar-refractivity contribution in [1.29, 1.82) is 0 Å². The molecule has 2 aromatic rings. The van der Waals surface area contributed by atoms with E-state index in [0.717, 1.165) is 16.7 Å². The summed E-state index contributed by atoms with van der Waals surface area (Å²) in [5.74, 6) is 0.718. The van der Waals surface area contributed by atoms with E-state index in [9.17, 15) is 4.79 Å². The first-order chi connectivity index (χ1) is 9.70. The molecule has 1 unspecified atom stereocenters. The van der Waals surface area contributed by atoms with Crippen molar-refractivity contribution >= 4 is 5.78 Å². The van der Waals surface area contributed by atoms with E-state index in [2.05, 4.69) is 0 Å². The Hall–Kier alpha value is -2.13. The zero-order chi connectivity index (χ0) is 14.1. The van der Waals surface area contributed by atoms with Crippen molar-refractivity contribution in [1.82, 2.24) is 0 Å². The Kier molecular flexibility index (Phi) is 3.28. The molecule has 0 aliphatic heterocycles. The second-order valence-electron chi connectivity index (χ2n) is 4.72. The summed E-state index contributed by atoms with van der Waals surface area (Å²) in [6.07, 6.45) is -0.322. The van der Waals surface area contributed by atoms with Crippen molar-refractivity contribution in [3.63, 3.8) is 0 Å². The number of rotatable bonds is 4. The van der Waals surface area contributed by atoms with Gasteiger partial charge in [0.05, 0.1) is 0 Å². The molecule has 1 atom stereocenters. The van der Waals surface area contributed by atoms with Crippen LogP contribution >= 0.6 is 0 Å². The maximum Gasteiger partial charge on any atom is 0.196 e. The molecule has 0 radical (unpaired) electrons. The number of hydrogen-bond acceptors (Lipinski definition) is 3. The Morgan fingerprint density at radius 3 is 2.45 bits per heavy atom. The van der Waals surface area contributed by atoms with Crippen LogP contribution in [-0.4, -0.2) is 18.7 Å². The summed E-state index contributed by atoms with van der Waals surface area (Å²) in [7, 11) is 0. The lowest BCUT2D eigenvalue weighted by atomic mass is 10.1. The van der Waals surface area contributed by atoms with Crippen molar-refractivity contribution < 1.29 is 14.3 Å². The Labute approximate surface area is 118 Å². The minimum absolute atomic E-state index is 0.0603. The van der Waals surface area contributed by atoms with Crippen LogP contribution in [0.1, 0.15) is 29.8 Å². The van der Waals surface area contributed by atoms with Gasteiger partial charge in [0, 0.05) is 17.7 Å². The van der Waals surface area contributed by atoms with E-state index < -0.39 is 0 Å². The van der Waals surface area contributed by atoms with Gasteiger partial charge in [-0.1, -0.05) is 24.3 Å². The molecule has 0 heterocycles. The smallest absolute Gasteiger partial charge is 0.196 e. The van der Waals surface area contributed by atoms with Crippen LogP contribution in [0.2, 0.25) is 0 Å². The van der Waals surface area contributed by atoms with Gasteiger partial charge in [-0.3, -0.25) is 4.79 Å². The first-order valence-corrected chi connectivity index (χ1v) is 6.77. The van der Waals surface area contributed by atoms with Gasteiger partial charge in [0.25, 0.3) is 0 Å². The Bertz CT molecular complexity index is 661. The van der Waals surface area contributed by atoms with Crippen LogP contribution in [0.4, 0.5) is 0 Å². The van der Waals surface area contributed by atoms with Gasteiger partial charge in [-0.2, -0.15) is 0 Å². The maximum atomic E-state index is 12.4. The van der Waals surface area contributed by atoms with Gasteiger partial charge < -0.3 is 9.47 Å². The van der Waals surface area contributed by atoms with Gasteiger partial charge in [-0.05, 0) is 43.2 Å². The standard InChI is InChI=1S/C17H16O3/c1-3-19-11(2)20-12-8-9-14-13-6-4-5-7-15(13)17(18)16(14)10-12/h4-11H,3H2,1-2H3. The van der Waals surface area contributed by atoms with E-state index in [-0.39, 0.29) is 12.1 Å². The monoisotopic (exact) mass is 268 g/mol. The average molecular weight is 268 g/mol. The average Bonchev–Trinajstić information content (AvgIpc) is 2.73. The van der Waals surface area contributed by atoms with E-state index in [1.807, 2.05) is 50.2 Å². The Morgan fingerprint density at radius 1 is 1.00 bits per heavy atom. The predicted octanol–water partition coefficient (Wildman–Crippen LogP) is 3.66. The summed E-state index contributed by atoms with van der Waals surface area (Å²) in [5.41, 5.74) is 3.43. The lowest BCUT2D eigenvalue weighted by molar-refractivity contribution is -0.0613. The fourth-order valence-electron chi connectivity index (χ4n) is 2.54. The first kappa shape index (κ1) is 12.9. The first-order valence-electron chi connectivity index (χ1n) is 6.77. The molecule has 0 fully saturated rings. The molecular weight excluding hydrogens is 252 g/mol. The highest BCUT2D eigenvalue weighted by atomic mass is 16.7. The Balaban J connectivity index is 1.94. The summed E-state index contributed by atoms with van der Waals surface area (Å²) >= 11 is 0. The SMILES string of the molecule is CCOC(C)Oc1ccc2c(c1)C(=O)c1ccccc1-2. The molecule has 2 aromatic carbocycles. The number of hydrogen-bond donors (Lipinski definition) is 0. The van der Waals surface area contributed by atoms with E-state index in [1.54, 1.807) is 6.07 Å². The molecule has 0 saturated carbocycles. The zero-order valence-corrected chi connectivity index (χ0v) is 11.6. The highest BCUT2D eigenvalue weighted by Gasteiger charge is 2.26. The molecule has 3 rings (SSSR count). The lowest BCUT2D eigenvalue weighted by Gasteiger charge is -2.14. The van der Waals surface area contributed by atoms with Gasteiger partial charge in [-0.25, -0.2) is 0 Å². The zero-order valence-electron chi connectivity index (χ0n) is 11.6. The number of ketones is 1. The molecule has 102 valence electrons. The van der Waals surface area contributed by atoms with Crippen LogP contribution in [-0.2, 0) is 4.74 Å². The van der Waals surface area contributed by atoms with Gasteiger partial charge in [0.2, 0.25) is 0 Å². The second kappa shape index (κ2) is 5.10. The lowest BCUT2D eigenvalue weighted by Crippen LogP contribution is -2.16. The predicted molar refractivity (Wildman–Crippen MR) is 77.0 cm³/mol. The van der Waals surface area contributed by atoms with Crippen LogP contribution in [0.5, 0.6) is 5.75 Å². The van der Waals surface area contributed by atoms with Crippen LogP contribution < -0.4 is 4.74 Å². The molecule has 20 heavy (non-hydrogen) atoms. The van der Waals surface area contributed by atoms with Crippen LogP contribution in [0.25, 0.3) is 11.1 Å². The number of benzene rings is 2. The molecule has 0 saturated heterocycles. The highest BCUT2D eigenvalue weighted by Crippen LogP contribution is 2.38. The third-order valence-electron chi connectivity index (χ3n) is 3.40. The molecule has 1 aliphatic rings. The van der Waals surface area contributed by atoms with Crippen molar-refractivity contribution in [3.8, 4) is 16.9 Å². The minimum atomic E-state index is -0.322. The summed E-state index contributed by atoms with van der Waals surface area (Å²) < 4.78 is 11.0. The van der Waals surface area contributed by atoms with E-state index >= 15 is 0 Å². The molecule has 0 spiro atoms. The topological polar surface area (TPSA) is 35.5 Å². The van der Waals surface area contributed by atoms with Crippen molar-refractivity contribution in [3.05, 3.63) is 53.6 Å². The highest BCUT2D eigenvalue weighted by molar-refractivity contribution is 6.21. The quantitative estimate of drug-likeness (QED) is 0.677. The molecule has 0 bridgehead atoms. The van der Waals surface area contributed by atoms with Gasteiger partial charge in [0.1, 0.15) is 5.75 Å². The molecule has 0 amide bonds. The summed E-state index contributed by atoms with van der Waals surface area (Å²) in [4.78, 5) is 12.4. The van der Waals surface area contributed by atoms with Gasteiger partial charge in [-0.15, -0.1) is 0 Å². The normalized spacial score (nSPS) is 13.8. The van der Waals surface area contributed by atoms with Crippen molar-refractivity contribution in [2.24, 2.45) is 0 Å². The molecule has 3 nitrogen and oxygen atoms in total. The number of carbonyl (C=O) groups is 1. The minimum Gasteiger partial charge on any atom is -0.465 e. The number of carbonyl (C=O) groups excluding carboxylic acids is 1. The molecule has 0 aromatic heterocycles. The molecule has 1 aliphatic carbocycles. The van der Waals surface area contributed by atoms with Gasteiger partial charge >= 0.3 is 0 Å². The number of ether oxygens (including phenoxy) is 2. The summed E-state index contributed by atoms with van der Waals surface area (Å²) in [6, 6.07) is 13.3. The van der Waals surface area contributed by atoms with Crippen molar-refractivity contribution in [2.45, 2.75) is 20.1 Å². The molecule has 3 heteroatoms. The number of fused-ring (bicyclic) bond motifs is 3.